The van der Waals surface area contributed by atoms with Gasteiger partial charge in [-0.25, -0.2) is 0 Å². The first-order valence-corrected chi connectivity index (χ1v) is 13.2. The van der Waals surface area contributed by atoms with Crippen molar-refractivity contribution in [2.45, 2.75) is 43.7 Å². The Bertz CT molecular complexity index is 1390. The third kappa shape index (κ3) is 4.11. The first kappa shape index (κ1) is 26.9. The summed E-state index contributed by atoms with van der Waals surface area (Å²) in [6, 6.07) is 12.1. The molecule has 9 heteroatoms. The molecule has 4 N–H and O–H groups in total. The first-order valence-electron chi connectivity index (χ1n) is 13.2. The number of aliphatic hydroxyl groups is 1. The highest BCUT2D eigenvalue weighted by Crippen LogP contribution is 2.51. The van der Waals surface area contributed by atoms with E-state index in [-0.39, 0.29) is 24.2 Å². The van der Waals surface area contributed by atoms with E-state index in [1.165, 1.54) is 16.5 Å². The van der Waals surface area contributed by atoms with E-state index in [4.69, 9.17) is 5.73 Å². The summed E-state index contributed by atoms with van der Waals surface area (Å²) in [5.74, 6) is -10.2. The maximum atomic E-state index is 13.9. The van der Waals surface area contributed by atoms with Gasteiger partial charge in [0.15, 0.2) is 34.7 Å². The molecule has 1 amide bonds. The van der Waals surface area contributed by atoms with Crippen molar-refractivity contribution in [3.63, 3.8) is 0 Å². The number of carbonyl (C=O) groups is 5. The van der Waals surface area contributed by atoms with Crippen LogP contribution < -0.4 is 5.73 Å². The number of fused-ring (bicyclic) bond motifs is 3. The SMILES string of the molecule is CN(C)C1C(=O)C(C(N)=O)C(=O)[C@]2(O)C(=O)C3C(=O)c4c(O)ccc(CCCc5ccccc5)c4C[C@@H]3C[C@H]12. The number of aryl methyl sites for hydroxylation is 2. The van der Waals surface area contributed by atoms with Crippen LogP contribution in [0.4, 0.5) is 0 Å². The van der Waals surface area contributed by atoms with Crippen LogP contribution in [0.5, 0.6) is 5.75 Å². The molecule has 0 bridgehead atoms. The van der Waals surface area contributed by atoms with E-state index in [2.05, 4.69) is 0 Å². The number of amides is 1. The predicted octanol–water partition coefficient (Wildman–Crippen LogP) is 1.04. The number of aromatic hydroxyl groups is 1. The fraction of sp³-hybridized carbons (Fsp3) is 0.433. The third-order valence-electron chi connectivity index (χ3n) is 8.80. The Hall–Kier alpha value is -3.69. The van der Waals surface area contributed by atoms with Gasteiger partial charge in [-0.3, -0.25) is 28.9 Å². The van der Waals surface area contributed by atoms with Crippen molar-refractivity contribution in [3.05, 3.63) is 64.7 Å². The van der Waals surface area contributed by atoms with Crippen LogP contribution in [0.3, 0.4) is 0 Å². The number of Topliss-reactive ketones (excluding diaryl/α,β-unsaturated/α-hetero) is 4. The lowest BCUT2D eigenvalue weighted by atomic mass is 9.52. The molecule has 0 aromatic heterocycles. The molecular weight excluding hydrogens is 500 g/mol. The number of nitrogens with zero attached hydrogens (tertiary/aromatic N) is 1. The van der Waals surface area contributed by atoms with Crippen molar-refractivity contribution >= 4 is 29.0 Å². The Balaban J connectivity index is 1.51. The molecule has 0 saturated heterocycles. The normalized spacial score (nSPS) is 30.1. The lowest BCUT2D eigenvalue weighted by Gasteiger charge is -2.52. The molecule has 0 radical (unpaired) electrons. The highest BCUT2D eigenvalue weighted by molar-refractivity contribution is 6.32. The molecule has 0 aliphatic heterocycles. The highest BCUT2D eigenvalue weighted by atomic mass is 16.3. The van der Waals surface area contributed by atoms with Gasteiger partial charge in [0.05, 0.1) is 17.5 Å². The third-order valence-corrected chi connectivity index (χ3v) is 8.80. The summed E-state index contributed by atoms with van der Waals surface area (Å²) < 4.78 is 0. The second kappa shape index (κ2) is 9.81. The maximum absolute atomic E-state index is 13.9. The second-order valence-electron chi connectivity index (χ2n) is 11.2. The average Bonchev–Trinajstić information content (AvgIpc) is 2.87. The zero-order chi connectivity index (χ0) is 28.2. The van der Waals surface area contributed by atoms with Crippen molar-refractivity contribution in [2.75, 3.05) is 14.1 Å². The van der Waals surface area contributed by atoms with Crippen LogP contribution in [-0.2, 0) is 38.4 Å². The standard InChI is InChI=1S/C30H32N2O7/c1-32(2)24-19-14-17-13-18-16(10-6-9-15-7-4-3-5-8-15)11-12-20(33)22(18)25(34)21(17)27(36)30(19,39)28(37)23(26(24)35)29(31)38/h3-5,7-8,11-12,17,19,21,23-24,33,39H,6,9-10,13-14H2,1-2H3,(H2,31,38)/t17-,19-,21?,23?,24?,30-/m1/s1. The summed E-state index contributed by atoms with van der Waals surface area (Å²) in [7, 11) is 3.13. The van der Waals surface area contributed by atoms with Crippen LogP contribution in [0.1, 0.15) is 39.9 Å². The van der Waals surface area contributed by atoms with Crippen LogP contribution in [0.25, 0.3) is 0 Å². The molecule has 3 unspecified atom stereocenters. The van der Waals surface area contributed by atoms with Gasteiger partial charge in [0.2, 0.25) is 5.91 Å². The predicted molar refractivity (Wildman–Crippen MR) is 140 cm³/mol. The number of ketones is 4. The molecule has 2 fully saturated rings. The van der Waals surface area contributed by atoms with Crippen LogP contribution >= 0.6 is 0 Å². The molecule has 2 aromatic carbocycles. The Morgan fingerprint density at radius 3 is 2.36 bits per heavy atom. The van der Waals surface area contributed by atoms with Gasteiger partial charge in [-0.2, -0.15) is 0 Å². The van der Waals surface area contributed by atoms with Crippen molar-refractivity contribution in [3.8, 4) is 5.75 Å². The van der Waals surface area contributed by atoms with Crippen molar-refractivity contribution < 1.29 is 34.2 Å². The Kier molecular flexibility index (Phi) is 6.76. The molecule has 0 spiro atoms. The maximum Gasteiger partial charge on any atom is 0.235 e. The minimum atomic E-state index is -2.71. The fourth-order valence-corrected chi connectivity index (χ4v) is 7.03. The number of rotatable bonds is 6. The number of phenols is 1. The largest absolute Gasteiger partial charge is 0.507 e. The second-order valence-corrected chi connectivity index (χ2v) is 11.2. The van der Waals surface area contributed by atoms with E-state index < -0.39 is 64.4 Å². The zero-order valence-corrected chi connectivity index (χ0v) is 21.9. The van der Waals surface area contributed by atoms with Gasteiger partial charge in [-0.1, -0.05) is 36.4 Å². The molecule has 3 aliphatic rings. The summed E-state index contributed by atoms with van der Waals surface area (Å²) in [4.78, 5) is 67.7. The average molecular weight is 533 g/mol. The van der Waals surface area contributed by atoms with Crippen molar-refractivity contribution in [1.82, 2.24) is 4.90 Å². The van der Waals surface area contributed by atoms with E-state index in [0.717, 1.165) is 18.4 Å². The van der Waals surface area contributed by atoms with E-state index in [0.29, 0.717) is 12.0 Å². The molecule has 2 saturated carbocycles. The number of phenolic OH excluding ortho intramolecular Hbond substituents is 1. The van der Waals surface area contributed by atoms with Gasteiger partial charge in [0, 0.05) is 5.92 Å². The summed E-state index contributed by atoms with van der Waals surface area (Å²) in [5.41, 5.74) is 5.43. The van der Waals surface area contributed by atoms with E-state index in [1.807, 2.05) is 30.3 Å². The Morgan fingerprint density at radius 1 is 1.03 bits per heavy atom. The van der Waals surface area contributed by atoms with Crippen LogP contribution in [-0.4, -0.2) is 69.9 Å². The van der Waals surface area contributed by atoms with Gasteiger partial charge >= 0.3 is 0 Å². The number of primary amides is 1. The van der Waals surface area contributed by atoms with E-state index in [1.54, 1.807) is 20.2 Å². The first-order chi connectivity index (χ1) is 18.5. The molecule has 2 aromatic rings. The van der Waals surface area contributed by atoms with E-state index in [9.17, 15) is 34.2 Å². The van der Waals surface area contributed by atoms with Gasteiger partial charge in [-0.05, 0) is 74.9 Å². The molecule has 3 aliphatic carbocycles. The molecule has 5 rings (SSSR count). The molecule has 204 valence electrons. The lowest BCUT2D eigenvalue weighted by Crippen LogP contribution is -2.74. The fourth-order valence-electron chi connectivity index (χ4n) is 7.03. The van der Waals surface area contributed by atoms with Gasteiger partial charge in [0.1, 0.15) is 5.75 Å². The number of nitrogens with two attached hydrogens (primary N) is 1. The zero-order valence-electron chi connectivity index (χ0n) is 21.9. The monoisotopic (exact) mass is 532 g/mol. The number of benzene rings is 2. The Morgan fingerprint density at radius 2 is 1.72 bits per heavy atom. The number of likely N-dealkylation sites (N-methyl/N-ethyl adjacent to an activating group) is 1. The summed E-state index contributed by atoms with van der Waals surface area (Å²) >= 11 is 0. The van der Waals surface area contributed by atoms with Crippen LogP contribution in [0.2, 0.25) is 0 Å². The molecule has 6 atom stereocenters. The van der Waals surface area contributed by atoms with E-state index >= 15 is 0 Å². The highest BCUT2D eigenvalue weighted by Gasteiger charge is 2.69. The van der Waals surface area contributed by atoms with Crippen LogP contribution in [0, 0.1) is 23.7 Å². The summed E-state index contributed by atoms with van der Waals surface area (Å²) in [6.45, 7) is 0. The van der Waals surface area contributed by atoms with Gasteiger partial charge in [0.25, 0.3) is 0 Å². The van der Waals surface area contributed by atoms with Crippen molar-refractivity contribution in [2.24, 2.45) is 29.4 Å². The Labute approximate surface area is 226 Å². The molecule has 9 nitrogen and oxygen atoms in total. The smallest absolute Gasteiger partial charge is 0.235 e. The molecular formula is C30H32N2O7. The topological polar surface area (TPSA) is 155 Å². The van der Waals surface area contributed by atoms with Crippen LogP contribution in [0.15, 0.2) is 42.5 Å². The quantitative estimate of drug-likeness (QED) is 0.466. The minimum Gasteiger partial charge on any atom is -0.507 e. The summed E-state index contributed by atoms with van der Waals surface area (Å²) in [5, 5.41) is 22.3. The molecule has 0 heterocycles. The number of carbonyl (C=O) groups excluding carboxylic acids is 5. The van der Waals surface area contributed by atoms with Gasteiger partial charge < -0.3 is 15.9 Å². The molecule has 39 heavy (non-hydrogen) atoms. The van der Waals surface area contributed by atoms with Gasteiger partial charge in [-0.15, -0.1) is 0 Å². The minimum absolute atomic E-state index is 0.0406. The number of hydrogen-bond donors (Lipinski definition) is 3. The van der Waals surface area contributed by atoms with Crippen molar-refractivity contribution in [1.29, 1.82) is 0 Å². The number of hydrogen-bond acceptors (Lipinski definition) is 8. The lowest BCUT2D eigenvalue weighted by molar-refractivity contribution is -0.181. The summed E-state index contributed by atoms with van der Waals surface area (Å²) in [6.07, 6.45) is 2.62.